The Morgan fingerprint density at radius 3 is 0.731 bits per heavy atom. The number of benzene rings is 6. The van der Waals surface area contributed by atoms with E-state index >= 15 is 0 Å². The Kier molecular flexibility index (Phi) is 13.0. The topological polar surface area (TPSA) is 0 Å². The normalized spacial score (nSPS) is 17.4. The van der Waals surface area contributed by atoms with Gasteiger partial charge in [-0.1, -0.05) is 211 Å². The fourth-order valence-corrected chi connectivity index (χ4v) is 21.0. The Bertz CT molecular complexity index is 1710. The van der Waals surface area contributed by atoms with E-state index in [1.54, 1.807) is 0 Å². The van der Waals surface area contributed by atoms with Crippen LogP contribution >= 0.6 is 35.6 Å². The van der Waals surface area contributed by atoms with E-state index in [1.807, 2.05) is 0 Å². The summed E-state index contributed by atoms with van der Waals surface area (Å²) in [4.78, 5) is -1.15. The largest absolute Gasteiger partial charge is 0.121 e. The molecule has 0 N–H and O–H groups in total. The molecule has 6 aromatic rings. The molecule has 0 heterocycles. The van der Waals surface area contributed by atoms with Gasteiger partial charge < -0.3 is 0 Å². The molecule has 0 amide bonds. The van der Waals surface area contributed by atoms with Crippen molar-refractivity contribution in [2.45, 2.75) is 72.5 Å². The average molecular weight is 755 g/mol. The number of rotatable bonds is 15. The lowest BCUT2D eigenvalue weighted by atomic mass is 9.87. The van der Waals surface area contributed by atoms with Gasteiger partial charge in [0.05, 0.1) is 0 Å². The fourth-order valence-electron chi connectivity index (χ4n) is 8.95. The minimum absolute atomic E-state index is 0.209. The summed E-state index contributed by atoms with van der Waals surface area (Å²) >= 11 is 0. The van der Waals surface area contributed by atoms with Crippen molar-refractivity contribution in [3.05, 3.63) is 215 Å². The van der Waals surface area contributed by atoms with E-state index in [0.717, 1.165) is 19.3 Å². The second-order valence-electron chi connectivity index (χ2n) is 14.0. The molecule has 0 aliphatic carbocycles. The van der Waals surface area contributed by atoms with Crippen LogP contribution in [0.5, 0.6) is 0 Å². The van der Waals surface area contributed by atoms with Crippen LogP contribution in [0.25, 0.3) is 0 Å². The molecule has 0 spiro atoms. The van der Waals surface area contributed by atoms with Gasteiger partial charge in [0.25, 0.3) is 0 Å². The van der Waals surface area contributed by atoms with Crippen molar-refractivity contribution >= 4 is 35.6 Å². The molecule has 0 saturated carbocycles. The molecule has 52 heavy (non-hydrogen) atoms. The second kappa shape index (κ2) is 17.5. The van der Waals surface area contributed by atoms with E-state index in [4.69, 9.17) is 0 Å². The summed E-state index contributed by atoms with van der Waals surface area (Å²) in [6.45, 7) is 7.20. The van der Waals surface area contributed by atoms with E-state index < -0.39 is 7.92 Å². The minimum atomic E-state index is -1.14. The van der Waals surface area contributed by atoms with Crippen LogP contribution in [-0.2, 0) is 14.7 Å². The molecular formula is C48H54P4. The van der Waals surface area contributed by atoms with Crippen LogP contribution in [0.15, 0.2) is 182 Å². The first-order chi connectivity index (χ1) is 25.3. The van der Waals surface area contributed by atoms with Gasteiger partial charge >= 0.3 is 0 Å². The molecule has 0 aromatic heterocycles. The molecule has 0 fully saturated rings. The van der Waals surface area contributed by atoms with Crippen molar-refractivity contribution in [2.24, 2.45) is 0 Å². The Morgan fingerprint density at radius 1 is 0.346 bits per heavy atom. The molecule has 9 unspecified atom stereocenters. The molecule has 0 bridgehead atoms. The zero-order valence-electron chi connectivity index (χ0n) is 30.9. The summed E-state index contributed by atoms with van der Waals surface area (Å²) in [5.41, 5.74) is 8.28. The van der Waals surface area contributed by atoms with Gasteiger partial charge in [-0.05, 0) is 52.6 Å². The molecule has 0 saturated heterocycles. The maximum absolute atomic E-state index is 3.66. The zero-order valence-corrected chi connectivity index (χ0v) is 35.2. The van der Waals surface area contributed by atoms with Crippen molar-refractivity contribution in [3.63, 3.8) is 0 Å². The van der Waals surface area contributed by atoms with Gasteiger partial charge in [-0.15, -0.1) is 27.7 Å². The lowest BCUT2D eigenvalue weighted by Gasteiger charge is -2.63. The first-order valence-corrected chi connectivity index (χ1v) is 21.9. The highest BCUT2D eigenvalue weighted by atomic mass is 31.2. The standard InChI is InChI=1S/C48H54P4/c1-4-43(37-25-13-7-14-26-37)46(49,40-31-19-10-20-32-40)52(47(50,41-33-21-11-22-34-41)44(5-2)38-27-15-8-16-28-38)48(51,42-35-23-12-24-36-42)45(6-3)39-29-17-9-18-30-39/h7-36,43-45H,4-6,49-51H2,1-3H3. The third-order valence-corrected chi connectivity index (χ3v) is 19.7. The van der Waals surface area contributed by atoms with Gasteiger partial charge in [0.2, 0.25) is 0 Å². The summed E-state index contributed by atoms with van der Waals surface area (Å²) in [5.74, 6) is 0.628. The van der Waals surface area contributed by atoms with E-state index in [1.165, 1.54) is 33.4 Å². The number of hydrogen-bond acceptors (Lipinski definition) is 0. The highest BCUT2D eigenvalue weighted by molar-refractivity contribution is 7.77. The van der Waals surface area contributed by atoms with Gasteiger partial charge in [0.1, 0.15) is 0 Å². The summed E-state index contributed by atoms with van der Waals surface area (Å²) in [6, 6.07) is 68.5. The highest BCUT2D eigenvalue weighted by Gasteiger charge is 2.63. The third kappa shape index (κ3) is 7.28. The van der Waals surface area contributed by atoms with Crippen LogP contribution in [-0.4, -0.2) is 0 Å². The molecule has 0 nitrogen and oxygen atoms in total. The fraction of sp³-hybridized carbons (Fsp3) is 0.250. The predicted molar refractivity (Wildman–Crippen MR) is 239 cm³/mol. The van der Waals surface area contributed by atoms with E-state index in [-0.39, 0.29) is 32.4 Å². The van der Waals surface area contributed by atoms with Crippen molar-refractivity contribution < 1.29 is 0 Å². The highest BCUT2D eigenvalue weighted by Crippen LogP contribution is 2.89. The summed E-state index contributed by atoms with van der Waals surface area (Å²) in [6.07, 6.45) is 2.99. The zero-order chi connectivity index (χ0) is 36.6. The van der Waals surface area contributed by atoms with E-state index in [2.05, 4.69) is 230 Å². The van der Waals surface area contributed by atoms with E-state index in [0.29, 0.717) is 0 Å². The summed E-state index contributed by atoms with van der Waals surface area (Å²) in [7, 11) is 9.84. The molecule has 9 atom stereocenters. The Balaban J connectivity index is 1.85. The molecule has 0 radical (unpaired) electrons. The van der Waals surface area contributed by atoms with Gasteiger partial charge in [-0.2, -0.15) is 0 Å². The maximum atomic E-state index is 3.66. The number of hydrogen-bond donors (Lipinski definition) is 0. The van der Waals surface area contributed by atoms with Crippen LogP contribution in [0.4, 0.5) is 0 Å². The van der Waals surface area contributed by atoms with Gasteiger partial charge in [-0.25, -0.2) is 0 Å². The molecule has 6 rings (SSSR count). The monoisotopic (exact) mass is 754 g/mol. The predicted octanol–water partition coefficient (Wildman–Crippen LogP) is 14.2. The van der Waals surface area contributed by atoms with Gasteiger partial charge in [0.15, 0.2) is 0 Å². The minimum Gasteiger partial charge on any atom is -0.121 e. The molecule has 0 aliphatic rings. The molecular weight excluding hydrogens is 700 g/mol. The quantitative estimate of drug-likeness (QED) is 0.0916. The van der Waals surface area contributed by atoms with Crippen molar-refractivity contribution in [1.29, 1.82) is 0 Å². The summed E-state index contributed by atoms with van der Waals surface area (Å²) in [5, 5.41) is 0. The molecule has 266 valence electrons. The Morgan fingerprint density at radius 2 is 0.538 bits per heavy atom. The lowest BCUT2D eigenvalue weighted by molar-refractivity contribution is 0.523. The average Bonchev–Trinajstić information content (AvgIpc) is 3.21. The van der Waals surface area contributed by atoms with E-state index in [9.17, 15) is 0 Å². The van der Waals surface area contributed by atoms with Crippen LogP contribution in [0.1, 0.15) is 91.2 Å². The van der Waals surface area contributed by atoms with Crippen molar-refractivity contribution in [1.82, 2.24) is 0 Å². The third-order valence-electron chi connectivity index (χ3n) is 11.2. The first kappa shape index (κ1) is 38.8. The van der Waals surface area contributed by atoms with Gasteiger partial charge in [-0.3, -0.25) is 0 Å². The van der Waals surface area contributed by atoms with Gasteiger partial charge in [0, 0.05) is 32.4 Å². The lowest BCUT2D eigenvalue weighted by Crippen LogP contribution is -2.44. The SMILES string of the molecule is CCC(c1ccccc1)C(P)(c1ccccc1)P(C(P)(c1ccccc1)C(CC)c1ccccc1)C(P)(c1ccccc1)C(CC)c1ccccc1. The summed E-state index contributed by atoms with van der Waals surface area (Å²) < 4.78 is 0. The second-order valence-corrected chi connectivity index (χ2v) is 21.1. The van der Waals surface area contributed by atoms with Crippen molar-refractivity contribution in [3.8, 4) is 0 Å². The molecule has 6 aromatic carbocycles. The van der Waals surface area contributed by atoms with Crippen LogP contribution < -0.4 is 0 Å². The van der Waals surface area contributed by atoms with Crippen molar-refractivity contribution in [2.75, 3.05) is 0 Å². The maximum Gasteiger partial charge on any atom is 0.0385 e. The van der Waals surface area contributed by atoms with Crippen LogP contribution in [0.2, 0.25) is 0 Å². The first-order valence-electron chi connectivity index (χ1n) is 18.8. The molecule has 4 heteroatoms. The Hall–Kier alpha value is -2.96. The van der Waals surface area contributed by atoms with Crippen LogP contribution in [0, 0.1) is 0 Å². The van der Waals surface area contributed by atoms with Crippen LogP contribution in [0.3, 0.4) is 0 Å². The molecule has 0 aliphatic heterocycles. The smallest absolute Gasteiger partial charge is 0.0385 e. The Labute approximate surface area is 322 Å².